The molecule has 1 aliphatic rings. The monoisotopic (exact) mass is 241 g/mol. The quantitative estimate of drug-likeness (QED) is 0.673. The van der Waals surface area contributed by atoms with E-state index in [2.05, 4.69) is 12.2 Å². The minimum Gasteiger partial charge on any atom is -0.480 e. The molecule has 0 spiro atoms. The van der Waals surface area contributed by atoms with Gasteiger partial charge >= 0.3 is 5.97 Å². The molecule has 0 aliphatic heterocycles. The van der Waals surface area contributed by atoms with Gasteiger partial charge in [-0.2, -0.15) is 0 Å². The van der Waals surface area contributed by atoms with Crippen LogP contribution in [0.2, 0.25) is 0 Å². The summed E-state index contributed by atoms with van der Waals surface area (Å²) in [5.74, 6) is -0.984. The highest BCUT2D eigenvalue weighted by atomic mass is 16.4. The lowest BCUT2D eigenvalue weighted by Crippen LogP contribution is -2.52. The van der Waals surface area contributed by atoms with Crippen molar-refractivity contribution in [3.63, 3.8) is 0 Å². The summed E-state index contributed by atoms with van der Waals surface area (Å²) in [7, 11) is 0. The van der Waals surface area contributed by atoms with Gasteiger partial charge in [0.05, 0.1) is 0 Å². The third kappa shape index (κ3) is 4.02. The fourth-order valence-electron chi connectivity index (χ4n) is 2.41. The maximum atomic E-state index is 11.7. The number of carbonyl (C=O) groups is 2. The topological polar surface area (TPSA) is 66.4 Å². The molecule has 98 valence electrons. The van der Waals surface area contributed by atoms with Crippen LogP contribution in [0, 0.1) is 0 Å². The van der Waals surface area contributed by atoms with Crippen molar-refractivity contribution in [1.82, 2.24) is 5.32 Å². The Morgan fingerprint density at radius 3 is 2.35 bits per heavy atom. The molecule has 0 atom stereocenters. The first kappa shape index (κ1) is 14.0. The van der Waals surface area contributed by atoms with E-state index in [1.807, 2.05) is 0 Å². The number of hydrogen-bond acceptors (Lipinski definition) is 2. The van der Waals surface area contributed by atoms with Crippen LogP contribution in [0.4, 0.5) is 0 Å². The molecule has 0 heterocycles. The predicted octanol–water partition coefficient (Wildman–Crippen LogP) is 2.47. The van der Waals surface area contributed by atoms with Crippen LogP contribution in [0.25, 0.3) is 0 Å². The highest BCUT2D eigenvalue weighted by Crippen LogP contribution is 2.30. The van der Waals surface area contributed by atoms with Crippen molar-refractivity contribution >= 4 is 11.9 Å². The molecule has 0 radical (unpaired) electrons. The number of carboxylic acid groups (broad SMARTS) is 1. The van der Waals surface area contributed by atoms with Crippen LogP contribution in [0.3, 0.4) is 0 Å². The maximum Gasteiger partial charge on any atom is 0.329 e. The van der Waals surface area contributed by atoms with E-state index in [-0.39, 0.29) is 5.91 Å². The number of hydrogen-bond donors (Lipinski definition) is 2. The summed E-state index contributed by atoms with van der Waals surface area (Å²) in [4.78, 5) is 22.9. The van der Waals surface area contributed by atoms with E-state index in [1.165, 1.54) is 0 Å². The number of rotatable bonds is 7. The molecule has 0 aromatic carbocycles. The minimum absolute atomic E-state index is 0.106. The largest absolute Gasteiger partial charge is 0.480 e. The molecule has 4 heteroatoms. The maximum absolute atomic E-state index is 11.7. The minimum atomic E-state index is -0.970. The first-order valence-corrected chi connectivity index (χ1v) is 6.65. The van der Waals surface area contributed by atoms with Gasteiger partial charge in [-0.3, -0.25) is 4.79 Å². The molecule has 1 rings (SSSR count). The molecule has 17 heavy (non-hydrogen) atoms. The fraction of sp³-hybridized carbons (Fsp3) is 0.846. The molecule has 0 aromatic heterocycles. The second-order valence-corrected chi connectivity index (χ2v) is 4.95. The zero-order valence-corrected chi connectivity index (χ0v) is 10.6. The van der Waals surface area contributed by atoms with Crippen LogP contribution < -0.4 is 5.32 Å². The summed E-state index contributed by atoms with van der Waals surface area (Å²) < 4.78 is 0. The number of carboxylic acids is 1. The first-order chi connectivity index (χ1) is 8.10. The van der Waals surface area contributed by atoms with Crippen LogP contribution in [-0.2, 0) is 9.59 Å². The van der Waals surface area contributed by atoms with Crippen LogP contribution in [0.15, 0.2) is 0 Å². The van der Waals surface area contributed by atoms with Gasteiger partial charge in [-0.25, -0.2) is 4.79 Å². The summed E-state index contributed by atoms with van der Waals surface area (Å²) in [6.45, 7) is 2.12. The standard InChI is InChI=1S/C13H23NO3/c1-2-3-4-5-8-11(15)14-13(12(16)17)9-6-7-10-13/h2-10H2,1H3,(H,14,15)(H,16,17). The van der Waals surface area contributed by atoms with Crippen molar-refractivity contribution in [3.05, 3.63) is 0 Å². The second kappa shape index (κ2) is 6.62. The van der Waals surface area contributed by atoms with Crippen molar-refractivity contribution in [3.8, 4) is 0 Å². The third-order valence-corrected chi connectivity index (χ3v) is 3.50. The molecule has 0 unspecified atom stereocenters. The molecule has 0 aromatic rings. The van der Waals surface area contributed by atoms with Crippen LogP contribution in [-0.4, -0.2) is 22.5 Å². The van der Waals surface area contributed by atoms with Gasteiger partial charge in [-0.05, 0) is 19.3 Å². The summed E-state index contributed by atoms with van der Waals surface area (Å²) in [5, 5.41) is 11.9. The Morgan fingerprint density at radius 1 is 1.18 bits per heavy atom. The molecule has 0 saturated heterocycles. The molecule has 4 nitrogen and oxygen atoms in total. The molecule has 0 bridgehead atoms. The van der Waals surface area contributed by atoms with Crippen LogP contribution in [0.1, 0.15) is 64.7 Å². The Labute approximate surface area is 103 Å². The number of amides is 1. The molecule has 1 aliphatic carbocycles. The van der Waals surface area contributed by atoms with E-state index < -0.39 is 11.5 Å². The van der Waals surface area contributed by atoms with Crippen LogP contribution >= 0.6 is 0 Å². The van der Waals surface area contributed by atoms with Gasteiger partial charge < -0.3 is 10.4 Å². The smallest absolute Gasteiger partial charge is 0.329 e. The lowest BCUT2D eigenvalue weighted by Gasteiger charge is -2.25. The number of nitrogens with one attached hydrogen (secondary N) is 1. The Balaban J connectivity index is 2.35. The van der Waals surface area contributed by atoms with Crippen molar-refractivity contribution < 1.29 is 14.7 Å². The van der Waals surface area contributed by atoms with Gasteiger partial charge in [-0.15, -0.1) is 0 Å². The SMILES string of the molecule is CCCCCCC(=O)NC1(C(=O)O)CCCC1. The Hall–Kier alpha value is -1.06. The molecule has 1 fully saturated rings. The molecule has 1 amide bonds. The number of aliphatic carboxylic acids is 1. The van der Waals surface area contributed by atoms with Gasteiger partial charge in [0.25, 0.3) is 0 Å². The number of unbranched alkanes of at least 4 members (excludes halogenated alkanes) is 3. The molecule has 2 N–H and O–H groups in total. The van der Waals surface area contributed by atoms with Gasteiger partial charge in [0.15, 0.2) is 0 Å². The van der Waals surface area contributed by atoms with E-state index in [9.17, 15) is 14.7 Å². The summed E-state index contributed by atoms with van der Waals surface area (Å²) in [6.07, 6.45) is 7.56. The third-order valence-electron chi connectivity index (χ3n) is 3.50. The van der Waals surface area contributed by atoms with Gasteiger partial charge in [-0.1, -0.05) is 39.0 Å². The van der Waals surface area contributed by atoms with Crippen molar-refractivity contribution in [2.75, 3.05) is 0 Å². The average molecular weight is 241 g/mol. The fourth-order valence-corrected chi connectivity index (χ4v) is 2.41. The highest BCUT2D eigenvalue weighted by molar-refractivity contribution is 5.87. The van der Waals surface area contributed by atoms with E-state index >= 15 is 0 Å². The molecular weight excluding hydrogens is 218 g/mol. The van der Waals surface area contributed by atoms with Gasteiger partial charge in [0, 0.05) is 6.42 Å². The average Bonchev–Trinajstić information content (AvgIpc) is 2.74. The van der Waals surface area contributed by atoms with E-state index in [0.29, 0.717) is 19.3 Å². The Bertz CT molecular complexity index is 270. The summed E-state index contributed by atoms with van der Waals surface area (Å²) in [6, 6.07) is 0. The number of carbonyl (C=O) groups excluding carboxylic acids is 1. The zero-order chi connectivity index (χ0) is 12.7. The predicted molar refractivity (Wildman–Crippen MR) is 65.7 cm³/mol. The molecule has 1 saturated carbocycles. The van der Waals surface area contributed by atoms with Crippen molar-refractivity contribution in [2.24, 2.45) is 0 Å². The summed E-state index contributed by atoms with van der Waals surface area (Å²) >= 11 is 0. The van der Waals surface area contributed by atoms with Crippen LogP contribution in [0.5, 0.6) is 0 Å². The van der Waals surface area contributed by atoms with E-state index in [1.54, 1.807) is 0 Å². The van der Waals surface area contributed by atoms with Gasteiger partial charge in [0.1, 0.15) is 5.54 Å². The first-order valence-electron chi connectivity index (χ1n) is 6.65. The Morgan fingerprint density at radius 2 is 1.82 bits per heavy atom. The van der Waals surface area contributed by atoms with Crippen molar-refractivity contribution in [1.29, 1.82) is 0 Å². The molecular formula is C13H23NO3. The lowest BCUT2D eigenvalue weighted by atomic mass is 9.97. The van der Waals surface area contributed by atoms with E-state index in [0.717, 1.165) is 38.5 Å². The van der Waals surface area contributed by atoms with Gasteiger partial charge in [0.2, 0.25) is 5.91 Å². The second-order valence-electron chi connectivity index (χ2n) is 4.95. The highest BCUT2D eigenvalue weighted by Gasteiger charge is 2.42. The zero-order valence-electron chi connectivity index (χ0n) is 10.6. The van der Waals surface area contributed by atoms with E-state index in [4.69, 9.17) is 0 Å². The Kier molecular flexibility index (Phi) is 5.45. The lowest BCUT2D eigenvalue weighted by molar-refractivity contribution is -0.147. The summed E-state index contributed by atoms with van der Waals surface area (Å²) in [5.41, 5.74) is -0.970. The normalized spacial score (nSPS) is 17.9. The van der Waals surface area contributed by atoms with Crippen molar-refractivity contribution in [2.45, 2.75) is 70.3 Å².